The van der Waals surface area contributed by atoms with Gasteiger partial charge in [-0.15, -0.1) is 0 Å². The molecule has 0 saturated heterocycles. The maximum atomic E-state index is 12.6. The van der Waals surface area contributed by atoms with Crippen LogP contribution >= 0.6 is 0 Å². The second-order valence-electron chi connectivity index (χ2n) is 6.66. The number of nitrogens with one attached hydrogen (secondary N) is 2. The summed E-state index contributed by atoms with van der Waals surface area (Å²) < 4.78 is 43.3. The van der Waals surface area contributed by atoms with Crippen molar-refractivity contribution in [3.63, 3.8) is 0 Å². The molecule has 8 nitrogen and oxygen atoms in total. The SMILES string of the molecule is COc1ccc(CC(=O)Nc2cc(S(=O)(=O)NC3CC3)ccc2OC)c(OC)c1. The van der Waals surface area contributed by atoms with E-state index in [0.717, 1.165) is 12.8 Å². The third kappa shape index (κ3) is 5.18. The van der Waals surface area contributed by atoms with Crippen LogP contribution in [0, 0.1) is 0 Å². The fourth-order valence-corrected chi connectivity index (χ4v) is 4.14. The fraction of sp³-hybridized carbons (Fsp3) is 0.350. The zero-order valence-corrected chi connectivity index (χ0v) is 17.3. The van der Waals surface area contributed by atoms with Gasteiger partial charge in [-0.2, -0.15) is 0 Å². The van der Waals surface area contributed by atoms with E-state index < -0.39 is 10.0 Å². The molecule has 1 aliphatic rings. The lowest BCUT2D eigenvalue weighted by Gasteiger charge is -2.14. The van der Waals surface area contributed by atoms with Crippen molar-refractivity contribution < 1.29 is 27.4 Å². The number of hydrogen-bond donors (Lipinski definition) is 2. The molecule has 2 aromatic carbocycles. The number of anilines is 1. The molecule has 0 aromatic heterocycles. The number of methoxy groups -OCH3 is 3. The lowest BCUT2D eigenvalue weighted by molar-refractivity contribution is -0.115. The molecular weight excluding hydrogens is 396 g/mol. The molecule has 1 fully saturated rings. The summed E-state index contributed by atoms with van der Waals surface area (Å²) in [5, 5.41) is 2.73. The smallest absolute Gasteiger partial charge is 0.240 e. The van der Waals surface area contributed by atoms with Crippen molar-refractivity contribution in [2.45, 2.75) is 30.2 Å². The average molecular weight is 420 g/mol. The quantitative estimate of drug-likeness (QED) is 0.645. The van der Waals surface area contributed by atoms with Crippen molar-refractivity contribution in [2.24, 2.45) is 0 Å². The number of rotatable bonds is 9. The number of carbonyl (C=O) groups excluding carboxylic acids is 1. The molecule has 1 amide bonds. The van der Waals surface area contributed by atoms with Gasteiger partial charge in [-0.25, -0.2) is 13.1 Å². The minimum absolute atomic E-state index is 0.0114. The van der Waals surface area contributed by atoms with Gasteiger partial charge in [0.15, 0.2) is 0 Å². The van der Waals surface area contributed by atoms with Crippen LogP contribution in [-0.2, 0) is 21.2 Å². The van der Waals surface area contributed by atoms with Gasteiger partial charge < -0.3 is 19.5 Å². The van der Waals surface area contributed by atoms with E-state index in [2.05, 4.69) is 10.0 Å². The van der Waals surface area contributed by atoms with E-state index >= 15 is 0 Å². The molecule has 3 rings (SSSR count). The van der Waals surface area contributed by atoms with E-state index in [1.165, 1.54) is 32.4 Å². The fourth-order valence-electron chi connectivity index (χ4n) is 2.81. The topological polar surface area (TPSA) is 103 Å². The summed E-state index contributed by atoms with van der Waals surface area (Å²) in [4.78, 5) is 12.7. The van der Waals surface area contributed by atoms with Gasteiger partial charge in [-0.1, -0.05) is 6.07 Å². The zero-order valence-electron chi connectivity index (χ0n) is 16.5. The molecule has 29 heavy (non-hydrogen) atoms. The van der Waals surface area contributed by atoms with E-state index in [4.69, 9.17) is 14.2 Å². The summed E-state index contributed by atoms with van der Waals surface area (Å²) in [6.45, 7) is 0. The predicted octanol–water partition coefficient (Wildman–Crippen LogP) is 2.33. The van der Waals surface area contributed by atoms with E-state index in [1.54, 1.807) is 25.3 Å². The highest BCUT2D eigenvalue weighted by molar-refractivity contribution is 7.89. The molecule has 1 aliphatic carbocycles. The van der Waals surface area contributed by atoms with E-state index in [9.17, 15) is 13.2 Å². The van der Waals surface area contributed by atoms with Crippen LogP contribution in [-0.4, -0.2) is 41.7 Å². The molecule has 0 unspecified atom stereocenters. The third-order valence-corrected chi connectivity index (χ3v) is 6.02. The first kappa shape index (κ1) is 20.9. The maximum absolute atomic E-state index is 12.6. The molecule has 156 valence electrons. The molecule has 0 atom stereocenters. The molecule has 0 aliphatic heterocycles. The Labute approximate surface area is 170 Å². The van der Waals surface area contributed by atoms with Crippen molar-refractivity contribution in [3.8, 4) is 17.2 Å². The third-order valence-electron chi connectivity index (χ3n) is 4.50. The van der Waals surface area contributed by atoms with Gasteiger partial charge in [0.05, 0.1) is 38.3 Å². The second kappa shape index (κ2) is 8.71. The van der Waals surface area contributed by atoms with E-state index in [-0.39, 0.29) is 29.0 Å². The Kier molecular flexibility index (Phi) is 6.29. The van der Waals surface area contributed by atoms with Gasteiger partial charge >= 0.3 is 0 Å². The number of hydrogen-bond acceptors (Lipinski definition) is 6. The van der Waals surface area contributed by atoms with Crippen LogP contribution in [0.2, 0.25) is 0 Å². The van der Waals surface area contributed by atoms with Crippen molar-refractivity contribution in [1.29, 1.82) is 0 Å². The van der Waals surface area contributed by atoms with Crippen LogP contribution in [0.15, 0.2) is 41.3 Å². The van der Waals surface area contributed by atoms with Crippen molar-refractivity contribution in [3.05, 3.63) is 42.0 Å². The minimum atomic E-state index is -3.65. The van der Waals surface area contributed by atoms with E-state index in [1.807, 2.05) is 0 Å². The molecule has 1 saturated carbocycles. The molecule has 2 N–H and O–H groups in total. The Morgan fingerprint density at radius 3 is 2.34 bits per heavy atom. The zero-order chi connectivity index (χ0) is 21.0. The van der Waals surface area contributed by atoms with Crippen LogP contribution in [0.3, 0.4) is 0 Å². The molecule has 0 bridgehead atoms. The molecule has 9 heteroatoms. The first-order valence-corrected chi connectivity index (χ1v) is 10.6. The van der Waals surface area contributed by atoms with Crippen LogP contribution in [0.5, 0.6) is 17.2 Å². The largest absolute Gasteiger partial charge is 0.497 e. The van der Waals surface area contributed by atoms with Crippen LogP contribution in [0.25, 0.3) is 0 Å². The van der Waals surface area contributed by atoms with Gasteiger partial charge in [0, 0.05) is 17.7 Å². The van der Waals surface area contributed by atoms with Crippen molar-refractivity contribution in [2.75, 3.05) is 26.6 Å². The standard InChI is InChI=1S/C20H24N2O6S/c1-26-15-7-4-13(19(11-15)28-3)10-20(23)21-17-12-16(8-9-18(17)27-2)29(24,25)22-14-5-6-14/h4,7-9,11-12,14,22H,5-6,10H2,1-3H3,(H,21,23). The molecule has 0 radical (unpaired) electrons. The number of carbonyl (C=O) groups is 1. The summed E-state index contributed by atoms with van der Waals surface area (Å²) in [6.07, 6.45) is 1.71. The first-order chi connectivity index (χ1) is 13.9. The Morgan fingerprint density at radius 1 is 1.00 bits per heavy atom. The van der Waals surface area contributed by atoms with Gasteiger partial charge in [-0.05, 0) is 37.1 Å². The Bertz CT molecular complexity index is 1000. The average Bonchev–Trinajstić information content (AvgIpc) is 3.51. The number of benzene rings is 2. The van der Waals surface area contributed by atoms with Gasteiger partial charge in [-0.3, -0.25) is 4.79 Å². The highest BCUT2D eigenvalue weighted by Gasteiger charge is 2.28. The summed E-state index contributed by atoms with van der Waals surface area (Å²) in [5.41, 5.74) is 0.951. The molecule has 0 heterocycles. The van der Waals surface area contributed by atoms with E-state index in [0.29, 0.717) is 22.8 Å². The second-order valence-corrected chi connectivity index (χ2v) is 8.37. The summed E-state index contributed by atoms with van der Waals surface area (Å²) in [7, 11) is 0.867. The highest BCUT2D eigenvalue weighted by Crippen LogP contribution is 2.30. The lowest BCUT2D eigenvalue weighted by atomic mass is 10.1. The molecule has 0 spiro atoms. The molecule has 2 aromatic rings. The van der Waals surface area contributed by atoms with Crippen LogP contribution < -0.4 is 24.2 Å². The number of amides is 1. The number of sulfonamides is 1. The normalized spacial score (nSPS) is 13.6. The van der Waals surface area contributed by atoms with Gasteiger partial charge in [0.2, 0.25) is 15.9 Å². The minimum Gasteiger partial charge on any atom is -0.497 e. The number of ether oxygens (including phenoxy) is 3. The monoisotopic (exact) mass is 420 g/mol. The van der Waals surface area contributed by atoms with Gasteiger partial charge in [0.25, 0.3) is 0 Å². The Morgan fingerprint density at radius 2 is 1.72 bits per heavy atom. The van der Waals surface area contributed by atoms with Gasteiger partial charge in [0.1, 0.15) is 17.2 Å². The lowest BCUT2D eigenvalue weighted by Crippen LogP contribution is -2.26. The maximum Gasteiger partial charge on any atom is 0.240 e. The van der Waals surface area contributed by atoms with Crippen LogP contribution in [0.1, 0.15) is 18.4 Å². The van der Waals surface area contributed by atoms with Crippen LogP contribution in [0.4, 0.5) is 5.69 Å². The van der Waals surface area contributed by atoms with Crippen molar-refractivity contribution >= 4 is 21.6 Å². The summed E-state index contributed by atoms with van der Waals surface area (Å²) >= 11 is 0. The Hall–Kier alpha value is -2.78. The first-order valence-electron chi connectivity index (χ1n) is 9.07. The summed E-state index contributed by atoms with van der Waals surface area (Å²) in [5.74, 6) is 1.17. The highest BCUT2D eigenvalue weighted by atomic mass is 32.2. The Balaban J connectivity index is 1.79. The predicted molar refractivity (Wildman–Crippen MR) is 108 cm³/mol. The van der Waals surface area contributed by atoms with Crippen molar-refractivity contribution in [1.82, 2.24) is 4.72 Å². The summed E-state index contributed by atoms with van der Waals surface area (Å²) in [6, 6.07) is 9.53. The molecular formula is C20H24N2O6S.